The molecule has 0 unspecified atom stereocenters. The van der Waals surface area contributed by atoms with Crippen molar-refractivity contribution in [2.75, 3.05) is 10.2 Å². The van der Waals surface area contributed by atoms with Crippen molar-refractivity contribution in [1.29, 1.82) is 0 Å². The molecule has 0 spiro atoms. The summed E-state index contributed by atoms with van der Waals surface area (Å²) in [6.07, 6.45) is 4.56. The molecule has 0 fully saturated rings. The average Bonchev–Trinajstić information content (AvgIpc) is 3.95. The lowest BCUT2D eigenvalue weighted by Gasteiger charge is -2.42. The van der Waals surface area contributed by atoms with E-state index in [0.717, 1.165) is 78.0 Å². The summed E-state index contributed by atoms with van der Waals surface area (Å²) in [5.41, 5.74) is 23.6. The lowest BCUT2D eigenvalue weighted by atomic mass is 9.58. The highest BCUT2D eigenvalue weighted by atomic mass is 16.3. The maximum absolute atomic E-state index is 6.85. The zero-order valence-electron chi connectivity index (χ0n) is 43.4. The molecule has 8 aromatic carbocycles. The fourth-order valence-electron chi connectivity index (χ4n) is 12.9. The largest absolute Gasteiger partial charge is 0.456 e. The first-order valence-electron chi connectivity index (χ1n) is 26.3. The zero-order chi connectivity index (χ0) is 49.5. The molecule has 0 saturated heterocycles. The van der Waals surface area contributed by atoms with Crippen LogP contribution in [0.5, 0.6) is 0 Å². The molecule has 1 aliphatic heterocycles. The number of furan rings is 1. The Kier molecular flexibility index (Phi) is 9.86. The van der Waals surface area contributed by atoms with Crippen molar-refractivity contribution in [3.63, 3.8) is 0 Å². The number of hydrogen-bond donors (Lipinski definition) is 1. The maximum atomic E-state index is 6.85. The van der Waals surface area contributed by atoms with Gasteiger partial charge in [-0.15, -0.1) is 0 Å². The van der Waals surface area contributed by atoms with Gasteiger partial charge in [-0.25, -0.2) is 0 Å². The third-order valence-corrected chi connectivity index (χ3v) is 17.4. The molecule has 1 N–H and O–H groups in total. The predicted molar refractivity (Wildman–Crippen MR) is 308 cm³/mol. The van der Waals surface area contributed by atoms with Crippen molar-refractivity contribution < 1.29 is 4.42 Å². The SMILES string of the molecule is Cc1ccc(Nc2cc3c(cc2-c2cc(N(c4ccccc4)c4ccccc4)c4c5cc6c(cc5n5c4c2Bc2cc4cc(-c7ccccc7)oc4cc2-5)C(C)(C)CCC6(C)C)C(C)(C)CCC3(C)C)cc1. The number of nitrogens with one attached hydrogen (secondary N) is 1. The van der Waals surface area contributed by atoms with Gasteiger partial charge >= 0.3 is 0 Å². The lowest BCUT2D eigenvalue weighted by molar-refractivity contribution is 0.332. The Labute approximate surface area is 426 Å². The molecular formula is C67H64BN3O. The molecule has 13 rings (SSSR count). The molecule has 2 aliphatic carbocycles. The minimum atomic E-state index is -0.00417. The second-order valence-corrected chi connectivity index (χ2v) is 24.0. The summed E-state index contributed by atoms with van der Waals surface area (Å²) >= 11 is 0. The van der Waals surface area contributed by atoms with E-state index in [-0.39, 0.29) is 21.7 Å². The van der Waals surface area contributed by atoms with E-state index in [2.05, 4.69) is 241 Å². The zero-order valence-corrected chi connectivity index (χ0v) is 43.4. The molecule has 3 aliphatic rings. The summed E-state index contributed by atoms with van der Waals surface area (Å²) < 4.78 is 9.51. The van der Waals surface area contributed by atoms with E-state index in [9.17, 15) is 0 Å². The number of rotatable bonds is 7. The Morgan fingerprint density at radius 1 is 0.556 bits per heavy atom. The molecule has 72 heavy (non-hydrogen) atoms. The Morgan fingerprint density at radius 2 is 1.11 bits per heavy atom. The molecule has 4 nitrogen and oxygen atoms in total. The minimum Gasteiger partial charge on any atom is -0.456 e. The van der Waals surface area contributed by atoms with E-state index in [1.807, 2.05) is 0 Å². The summed E-state index contributed by atoms with van der Waals surface area (Å²) in [7, 11) is 0.767. The molecule has 5 heteroatoms. The molecule has 0 saturated carbocycles. The van der Waals surface area contributed by atoms with Crippen LogP contribution < -0.4 is 21.1 Å². The Balaban J connectivity index is 1.21. The van der Waals surface area contributed by atoms with Crippen molar-refractivity contribution in [3.05, 3.63) is 192 Å². The van der Waals surface area contributed by atoms with Gasteiger partial charge < -0.3 is 19.2 Å². The topological polar surface area (TPSA) is 33.3 Å². The Hall–Kier alpha value is -7.24. The number of nitrogens with zero attached hydrogens (tertiary/aromatic N) is 2. The fourth-order valence-corrected chi connectivity index (χ4v) is 12.9. The van der Waals surface area contributed by atoms with Crippen LogP contribution in [-0.2, 0) is 21.7 Å². The molecule has 0 radical (unpaired) electrons. The van der Waals surface area contributed by atoms with Gasteiger partial charge in [-0.2, -0.15) is 0 Å². The van der Waals surface area contributed by atoms with Crippen LogP contribution in [0.15, 0.2) is 168 Å². The molecule has 3 heterocycles. The van der Waals surface area contributed by atoms with Crippen LogP contribution in [-0.4, -0.2) is 11.8 Å². The van der Waals surface area contributed by atoms with Gasteiger partial charge in [0.1, 0.15) is 11.3 Å². The number of aryl methyl sites for hydroxylation is 1. The van der Waals surface area contributed by atoms with E-state index < -0.39 is 0 Å². The number of fused-ring (bicyclic) bond motifs is 8. The molecule has 0 bridgehead atoms. The van der Waals surface area contributed by atoms with E-state index in [0.29, 0.717) is 0 Å². The molecule has 10 aromatic rings. The van der Waals surface area contributed by atoms with E-state index in [1.165, 1.54) is 83.1 Å². The Bertz CT molecular complexity index is 3760. The van der Waals surface area contributed by atoms with E-state index >= 15 is 0 Å². The maximum Gasteiger partial charge on any atom is 0.198 e. The smallest absolute Gasteiger partial charge is 0.198 e. The summed E-state index contributed by atoms with van der Waals surface area (Å²) in [4.78, 5) is 2.52. The standard InChI is InChI=1S/C67H64BN3O/c1-41-25-27-44(28-26-41)69-55-38-52-50(64(2,3)29-31-66(52,6)7)35-47(55)48-37-58(70(45-21-15-11-16-22-45)46-23-17-12-18-24-46)61-49-36-51-53(67(8,9)32-30-65(51,4)5)39-56(49)71-57-40-60-43(33-54(57)68-62(48)63(61)71)34-59(72-60)42-19-13-10-14-20-42/h10-28,33-40,68-69H,29-32H2,1-9H3. The van der Waals surface area contributed by atoms with Crippen LogP contribution in [0.2, 0.25) is 0 Å². The number of para-hydroxylation sites is 2. The molecule has 0 atom stereocenters. The first-order valence-corrected chi connectivity index (χ1v) is 26.3. The molecule has 356 valence electrons. The van der Waals surface area contributed by atoms with Gasteiger partial charge in [0.25, 0.3) is 0 Å². The highest BCUT2D eigenvalue weighted by Gasteiger charge is 2.41. The van der Waals surface area contributed by atoms with E-state index in [1.54, 1.807) is 0 Å². The number of benzene rings is 8. The number of aromatic nitrogens is 1. The molecule has 2 aromatic heterocycles. The van der Waals surface area contributed by atoms with Crippen molar-refractivity contribution in [2.24, 2.45) is 0 Å². The summed E-state index contributed by atoms with van der Waals surface area (Å²) in [5, 5.41) is 7.76. The van der Waals surface area contributed by atoms with Gasteiger partial charge in [0.2, 0.25) is 0 Å². The van der Waals surface area contributed by atoms with Gasteiger partial charge in [0, 0.05) is 61.8 Å². The van der Waals surface area contributed by atoms with Crippen LogP contribution in [0.25, 0.3) is 60.9 Å². The molecular weight excluding hydrogens is 874 g/mol. The quantitative estimate of drug-likeness (QED) is 0.162. The highest BCUT2D eigenvalue weighted by Crippen LogP contribution is 2.54. The number of anilines is 5. The van der Waals surface area contributed by atoms with Crippen molar-refractivity contribution in [2.45, 2.75) is 110 Å². The summed E-state index contributed by atoms with van der Waals surface area (Å²) in [6, 6.07) is 61.4. The van der Waals surface area contributed by atoms with Crippen LogP contribution in [0.4, 0.5) is 28.4 Å². The van der Waals surface area contributed by atoms with Crippen LogP contribution in [0.1, 0.15) is 109 Å². The van der Waals surface area contributed by atoms with Crippen LogP contribution in [0.3, 0.4) is 0 Å². The normalized spacial score (nSPS) is 16.7. The van der Waals surface area contributed by atoms with Gasteiger partial charge in [-0.3, -0.25) is 0 Å². The lowest BCUT2D eigenvalue weighted by Crippen LogP contribution is -2.38. The molecule has 0 amide bonds. The summed E-state index contributed by atoms with van der Waals surface area (Å²) in [5.74, 6) is 0.891. The second-order valence-electron chi connectivity index (χ2n) is 24.0. The van der Waals surface area contributed by atoms with Crippen LogP contribution in [0, 0.1) is 6.92 Å². The number of hydrogen-bond acceptors (Lipinski definition) is 3. The first kappa shape index (κ1) is 44.7. The predicted octanol–water partition coefficient (Wildman–Crippen LogP) is 16.8. The Morgan fingerprint density at radius 3 is 1.72 bits per heavy atom. The minimum absolute atomic E-state index is 0.00417. The fraction of sp³-hybridized carbons (Fsp3) is 0.254. The third kappa shape index (κ3) is 7.01. The third-order valence-electron chi connectivity index (χ3n) is 17.4. The second kappa shape index (κ2) is 15.9. The summed E-state index contributed by atoms with van der Waals surface area (Å²) in [6.45, 7) is 21.8. The van der Waals surface area contributed by atoms with Gasteiger partial charge in [0.05, 0.1) is 16.7 Å². The average molecular weight is 938 g/mol. The first-order chi connectivity index (χ1) is 34.5. The van der Waals surface area contributed by atoms with E-state index in [4.69, 9.17) is 4.42 Å². The van der Waals surface area contributed by atoms with Gasteiger partial charge in [-0.05, 0) is 160 Å². The van der Waals surface area contributed by atoms with Crippen molar-refractivity contribution >= 4 is 79.4 Å². The van der Waals surface area contributed by atoms with Crippen molar-refractivity contribution in [3.8, 4) is 28.1 Å². The van der Waals surface area contributed by atoms with Crippen LogP contribution >= 0.6 is 0 Å². The highest BCUT2D eigenvalue weighted by molar-refractivity contribution is 6.74. The van der Waals surface area contributed by atoms with Gasteiger partial charge in [0.15, 0.2) is 7.28 Å². The van der Waals surface area contributed by atoms with Gasteiger partial charge in [-0.1, -0.05) is 151 Å². The van der Waals surface area contributed by atoms with Crippen molar-refractivity contribution in [1.82, 2.24) is 4.57 Å². The monoisotopic (exact) mass is 938 g/mol.